The van der Waals surface area contributed by atoms with Gasteiger partial charge >= 0.3 is 5.97 Å². The number of fused-ring (bicyclic) bond motifs is 1. The van der Waals surface area contributed by atoms with Gasteiger partial charge in [0, 0.05) is 12.0 Å². The number of aliphatic carboxylic acids is 1. The molecule has 7 heteroatoms. The van der Waals surface area contributed by atoms with E-state index in [1.165, 1.54) is 4.90 Å². The maximum Gasteiger partial charge on any atom is 0.305 e. The number of piperidine rings is 1. The van der Waals surface area contributed by atoms with E-state index in [4.69, 9.17) is 5.11 Å². The monoisotopic (exact) mass is 302 g/mol. The van der Waals surface area contributed by atoms with Gasteiger partial charge in [0.05, 0.1) is 12.5 Å². The van der Waals surface area contributed by atoms with Crippen LogP contribution in [0.1, 0.15) is 41.2 Å². The first-order valence-electron chi connectivity index (χ1n) is 6.96. The summed E-state index contributed by atoms with van der Waals surface area (Å²) in [4.78, 5) is 48.3. The van der Waals surface area contributed by atoms with E-state index in [1.807, 2.05) is 0 Å². The van der Waals surface area contributed by atoms with Crippen LogP contribution in [0, 0.1) is 0 Å². The number of nitrogens with zero attached hydrogens (tertiary/aromatic N) is 1. The molecule has 1 fully saturated rings. The van der Waals surface area contributed by atoms with Crippen molar-refractivity contribution < 1.29 is 24.3 Å². The Morgan fingerprint density at radius 2 is 2.00 bits per heavy atom. The predicted molar refractivity (Wildman–Crippen MR) is 73.8 cm³/mol. The van der Waals surface area contributed by atoms with Crippen LogP contribution in [0.3, 0.4) is 0 Å². The van der Waals surface area contributed by atoms with Crippen molar-refractivity contribution in [1.29, 1.82) is 0 Å². The fraction of sp³-hybridized carbons (Fsp3) is 0.333. The Kier molecular flexibility index (Phi) is 3.40. The van der Waals surface area contributed by atoms with E-state index in [0.29, 0.717) is 11.1 Å². The third-order valence-electron chi connectivity index (χ3n) is 4.03. The Morgan fingerprint density at radius 1 is 1.27 bits per heavy atom. The van der Waals surface area contributed by atoms with Crippen LogP contribution in [0.25, 0.3) is 0 Å². The number of carboxylic acid groups (broad SMARTS) is 1. The van der Waals surface area contributed by atoms with Gasteiger partial charge in [-0.3, -0.25) is 24.5 Å². The molecule has 2 aliphatic heterocycles. The lowest BCUT2D eigenvalue weighted by atomic mass is 9.99. The molecule has 0 bridgehead atoms. The quantitative estimate of drug-likeness (QED) is 0.790. The van der Waals surface area contributed by atoms with E-state index in [9.17, 15) is 19.2 Å². The van der Waals surface area contributed by atoms with Gasteiger partial charge in [0.2, 0.25) is 11.8 Å². The van der Waals surface area contributed by atoms with Crippen molar-refractivity contribution in [2.45, 2.75) is 31.3 Å². The molecule has 7 nitrogen and oxygen atoms in total. The summed E-state index contributed by atoms with van der Waals surface area (Å²) in [5.41, 5.74) is 1.03. The summed E-state index contributed by atoms with van der Waals surface area (Å²) in [5, 5.41) is 11.3. The Labute approximate surface area is 125 Å². The van der Waals surface area contributed by atoms with Gasteiger partial charge in [-0.25, -0.2) is 0 Å². The normalized spacial score (nSPS) is 24.2. The number of carboxylic acids is 1. The van der Waals surface area contributed by atoms with Crippen LogP contribution in [-0.2, 0) is 14.4 Å². The minimum Gasteiger partial charge on any atom is -0.481 e. The number of benzene rings is 1. The molecule has 22 heavy (non-hydrogen) atoms. The van der Waals surface area contributed by atoms with Gasteiger partial charge in [-0.15, -0.1) is 0 Å². The first-order chi connectivity index (χ1) is 10.5. The molecule has 2 N–H and O–H groups in total. The SMILES string of the molecule is O=C(O)CC1c2ccccc2C(=O)N1C1CCC(=O)NC1=O. The van der Waals surface area contributed by atoms with Crippen LogP contribution in [0.2, 0.25) is 0 Å². The van der Waals surface area contributed by atoms with Gasteiger partial charge in [-0.2, -0.15) is 0 Å². The van der Waals surface area contributed by atoms with Crippen LogP contribution < -0.4 is 5.32 Å². The second-order valence-electron chi connectivity index (χ2n) is 5.38. The maximum absolute atomic E-state index is 12.6. The number of hydrogen-bond donors (Lipinski definition) is 2. The lowest BCUT2D eigenvalue weighted by Gasteiger charge is -2.33. The summed E-state index contributed by atoms with van der Waals surface area (Å²) in [6.07, 6.45) is 0.0668. The maximum atomic E-state index is 12.6. The molecule has 3 rings (SSSR count). The Morgan fingerprint density at radius 3 is 2.68 bits per heavy atom. The molecule has 1 saturated heterocycles. The molecule has 2 heterocycles. The number of carbonyl (C=O) groups excluding carboxylic acids is 3. The molecule has 0 spiro atoms. The Hall–Kier alpha value is -2.70. The lowest BCUT2D eigenvalue weighted by Crippen LogP contribution is -2.53. The van der Waals surface area contributed by atoms with Crippen LogP contribution >= 0.6 is 0 Å². The van der Waals surface area contributed by atoms with E-state index in [2.05, 4.69) is 5.32 Å². The number of nitrogens with one attached hydrogen (secondary N) is 1. The molecule has 114 valence electrons. The highest BCUT2D eigenvalue weighted by Gasteiger charge is 2.45. The topological polar surface area (TPSA) is 104 Å². The molecular weight excluding hydrogens is 288 g/mol. The van der Waals surface area contributed by atoms with Gasteiger partial charge in [-0.05, 0) is 18.1 Å². The standard InChI is InChI=1S/C15H14N2O5/c18-12-6-5-10(14(21)16-12)17-11(7-13(19)20)8-3-1-2-4-9(8)15(17)22/h1-4,10-11H,5-7H2,(H,19,20)(H,16,18,21). The molecule has 2 unspecified atom stereocenters. The second-order valence-corrected chi connectivity index (χ2v) is 5.38. The van der Waals surface area contributed by atoms with E-state index in [1.54, 1.807) is 24.3 Å². The van der Waals surface area contributed by atoms with E-state index >= 15 is 0 Å². The van der Waals surface area contributed by atoms with Gasteiger partial charge in [0.25, 0.3) is 5.91 Å². The van der Waals surface area contributed by atoms with Crippen molar-refractivity contribution >= 4 is 23.7 Å². The first kappa shape index (κ1) is 14.2. The zero-order chi connectivity index (χ0) is 15.9. The third-order valence-corrected chi connectivity index (χ3v) is 4.03. The minimum atomic E-state index is -1.05. The van der Waals surface area contributed by atoms with Gasteiger partial charge in [-0.1, -0.05) is 18.2 Å². The van der Waals surface area contributed by atoms with Crippen molar-refractivity contribution in [1.82, 2.24) is 10.2 Å². The van der Waals surface area contributed by atoms with Crippen LogP contribution in [-0.4, -0.2) is 39.7 Å². The summed E-state index contributed by atoms with van der Waals surface area (Å²) in [6, 6.07) is 5.25. The predicted octanol–water partition coefficient (Wildman–Crippen LogP) is 0.463. The van der Waals surface area contributed by atoms with Crippen molar-refractivity contribution in [2.75, 3.05) is 0 Å². The molecule has 1 aromatic carbocycles. The van der Waals surface area contributed by atoms with E-state index < -0.39 is 24.0 Å². The summed E-state index contributed by atoms with van der Waals surface area (Å²) in [5.74, 6) is -2.34. The third kappa shape index (κ3) is 2.24. The molecule has 0 radical (unpaired) electrons. The van der Waals surface area contributed by atoms with Crippen molar-refractivity contribution in [3.8, 4) is 0 Å². The molecule has 0 saturated carbocycles. The van der Waals surface area contributed by atoms with Crippen molar-refractivity contribution in [2.24, 2.45) is 0 Å². The molecular formula is C15H14N2O5. The second kappa shape index (κ2) is 5.25. The summed E-state index contributed by atoms with van der Waals surface area (Å²) in [6.45, 7) is 0. The summed E-state index contributed by atoms with van der Waals surface area (Å²) in [7, 11) is 0. The smallest absolute Gasteiger partial charge is 0.305 e. The zero-order valence-electron chi connectivity index (χ0n) is 11.6. The largest absolute Gasteiger partial charge is 0.481 e. The summed E-state index contributed by atoms with van der Waals surface area (Å²) >= 11 is 0. The number of carbonyl (C=O) groups is 4. The van der Waals surface area contributed by atoms with Gasteiger partial charge in [0.1, 0.15) is 6.04 Å². The average Bonchev–Trinajstić information content (AvgIpc) is 2.73. The molecule has 0 aliphatic carbocycles. The minimum absolute atomic E-state index is 0.135. The number of imide groups is 1. The Balaban J connectivity index is 1.99. The molecule has 1 aromatic rings. The zero-order valence-corrected chi connectivity index (χ0v) is 11.6. The fourth-order valence-electron chi connectivity index (χ4n) is 3.09. The molecule has 2 atom stereocenters. The molecule has 2 aliphatic rings. The fourth-order valence-corrected chi connectivity index (χ4v) is 3.09. The van der Waals surface area contributed by atoms with Gasteiger partial charge < -0.3 is 10.0 Å². The number of amides is 3. The van der Waals surface area contributed by atoms with Crippen molar-refractivity contribution in [3.63, 3.8) is 0 Å². The van der Waals surface area contributed by atoms with Crippen LogP contribution in [0.5, 0.6) is 0 Å². The highest BCUT2D eigenvalue weighted by molar-refractivity contribution is 6.06. The molecule has 0 aromatic heterocycles. The van der Waals surface area contributed by atoms with Crippen molar-refractivity contribution in [3.05, 3.63) is 35.4 Å². The van der Waals surface area contributed by atoms with Gasteiger partial charge in [0.15, 0.2) is 0 Å². The average molecular weight is 302 g/mol. The highest BCUT2D eigenvalue weighted by Crippen LogP contribution is 2.38. The number of rotatable bonds is 3. The van der Waals surface area contributed by atoms with Crippen LogP contribution in [0.15, 0.2) is 24.3 Å². The lowest BCUT2D eigenvalue weighted by molar-refractivity contribution is -0.141. The highest BCUT2D eigenvalue weighted by atomic mass is 16.4. The Bertz CT molecular complexity index is 684. The number of hydrogen-bond acceptors (Lipinski definition) is 4. The summed E-state index contributed by atoms with van der Waals surface area (Å²) < 4.78 is 0. The molecule has 3 amide bonds. The van der Waals surface area contributed by atoms with E-state index in [-0.39, 0.29) is 31.1 Å². The van der Waals surface area contributed by atoms with Crippen LogP contribution in [0.4, 0.5) is 0 Å². The van der Waals surface area contributed by atoms with E-state index in [0.717, 1.165) is 0 Å². The first-order valence-corrected chi connectivity index (χ1v) is 6.96.